The van der Waals surface area contributed by atoms with Crippen LogP contribution >= 0.6 is 23.1 Å². The molecule has 2 aromatic rings. The van der Waals surface area contributed by atoms with Crippen molar-refractivity contribution in [2.24, 2.45) is 5.41 Å². The molecule has 1 amide bonds. The average molecular weight is 377 g/mol. The van der Waals surface area contributed by atoms with Gasteiger partial charge in [-0.3, -0.25) is 4.79 Å². The molecule has 1 aliphatic carbocycles. The predicted octanol–water partition coefficient (Wildman–Crippen LogP) is 4.03. The number of aryl methyl sites for hydroxylation is 1. The smallest absolute Gasteiger partial charge is 0.251 e. The minimum atomic E-state index is -0.0316. The third-order valence-corrected chi connectivity index (χ3v) is 6.72. The van der Waals surface area contributed by atoms with Gasteiger partial charge in [0.05, 0.1) is 10.7 Å². The highest BCUT2D eigenvalue weighted by Gasteiger charge is 2.36. The number of benzene rings is 1. The fourth-order valence-corrected chi connectivity index (χ4v) is 4.64. The summed E-state index contributed by atoms with van der Waals surface area (Å²) in [6.07, 6.45) is 4.16. The van der Waals surface area contributed by atoms with Crippen molar-refractivity contribution in [3.05, 3.63) is 45.9 Å². The van der Waals surface area contributed by atoms with Gasteiger partial charge in [0.2, 0.25) is 0 Å². The standard InChI is InChI=1S/C19H24N2O2S2/c1-14-21-16(11-24-14)12-25-17-5-3-15(4-6-17)18(23)20-13-19(9-10-22)7-2-8-19/h3-6,11,22H,2,7-10,12-13H2,1H3,(H,20,23). The first-order valence-electron chi connectivity index (χ1n) is 8.63. The number of aliphatic hydroxyl groups is 1. The normalized spacial score (nSPS) is 15.6. The Morgan fingerprint density at radius 3 is 2.68 bits per heavy atom. The van der Waals surface area contributed by atoms with E-state index in [1.807, 2.05) is 31.2 Å². The maximum atomic E-state index is 12.3. The fraction of sp³-hybridized carbons (Fsp3) is 0.474. The third kappa shape index (κ3) is 4.84. The maximum absolute atomic E-state index is 12.3. The lowest BCUT2D eigenvalue weighted by Gasteiger charge is -2.41. The predicted molar refractivity (Wildman–Crippen MR) is 103 cm³/mol. The Hall–Kier alpha value is -1.37. The van der Waals surface area contributed by atoms with E-state index in [1.165, 1.54) is 6.42 Å². The van der Waals surface area contributed by atoms with Crippen LogP contribution in [0, 0.1) is 12.3 Å². The molecular weight excluding hydrogens is 352 g/mol. The zero-order chi connectivity index (χ0) is 17.7. The highest BCUT2D eigenvalue weighted by molar-refractivity contribution is 7.98. The summed E-state index contributed by atoms with van der Waals surface area (Å²) in [4.78, 5) is 17.9. The zero-order valence-electron chi connectivity index (χ0n) is 14.5. The first-order valence-corrected chi connectivity index (χ1v) is 10.5. The Labute approximate surface area is 157 Å². The van der Waals surface area contributed by atoms with E-state index >= 15 is 0 Å². The number of carbonyl (C=O) groups excluding carboxylic acids is 1. The van der Waals surface area contributed by atoms with Gasteiger partial charge in [0.1, 0.15) is 0 Å². The first kappa shape index (κ1) is 18.4. The molecule has 0 bridgehead atoms. The van der Waals surface area contributed by atoms with Crippen molar-refractivity contribution in [1.82, 2.24) is 10.3 Å². The van der Waals surface area contributed by atoms with Crippen LogP contribution in [0.3, 0.4) is 0 Å². The van der Waals surface area contributed by atoms with Crippen LogP contribution < -0.4 is 5.32 Å². The number of aliphatic hydroxyl groups excluding tert-OH is 1. The number of hydrogen-bond donors (Lipinski definition) is 2. The van der Waals surface area contributed by atoms with E-state index in [0.717, 1.165) is 40.6 Å². The summed E-state index contributed by atoms with van der Waals surface area (Å²) in [5.41, 5.74) is 1.91. The highest BCUT2D eigenvalue weighted by atomic mass is 32.2. The lowest BCUT2D eigenvalue weighted by atomic mass is 9.67. The number of nitrogens with zero attached hydrogens (tertiary/aromatic N) is 1. The van der Waals surface area contributed by atoms with Crippen LogP contribution in [0.2, 0.25) is 0 Å². The van der Waals surface area contributed by atoms with Crippen LogP contribution in [0.25, 0.3) is 0 Å². The Morgan fingerprint density at radius 1 is 1.36 bits per heavy atom. The van der Waals surface area contributed by atoms with Gasteiger partial charge in [0, 0.05) is 34.7 Å². The molecule has 0 atom stereocenters. The number of carbonyl (C=O) groups is 1. The van der Waals surface area contributed by atoms with Crippen LogP contribution in [-0.2, 0) is 5.75 Å². The van der Waals surface area contributed by atoms with E-state index in [9.17, 15) is 9.90 Å². The number of nitrogens with one attached hydrogen (secondary N) is 1. The van der Waals surface area contributed by atoms with Gasteiger partial charge in [-0.2, -0.15) is 0 Å². The average Bonchev–Trinajstić information content (AvgIpc) is 3.01. The molecule has 6 heteroatoms. The first-order chi connectivity index (χ1) is 12.1. The summed E-state index contributed by atoms with van der Waals surface area (Å²) in [6.45, 7) is 2.87. The molecule has 1 aliphatic rings. The van der Waals surface area contributed by atoms with Gasteiger partial charge >= 0.3 is 0 Å². The van der Waals surface area contributed by atoms with Gasteiger partial charge in [-0.25, -0.2) is 4.98 Å². The number of thiazole rings is 1. The minimum absolute atomic E-state index is 0.0316. The lowest BCUT2D eigenvalue weighted by molar-refractivity contribution is 0.0732. The van der Waals surface area contributed by atoms with Crippen molar-refractivity contribution in [3.63, 3.8) is 0 Å². The molecule has 1 fully saturated rings. The summed E-state index contributed by atoms with van der Waals surface area (Å²) >= 11 is 3.40. The van der Waals surface area contributed by atoms with Gasteiger partial charge < -0.3 is 10.4 Å². The van der Waals surface area contributed by atoms with E-state index in [1.54, 1.807) is 23.1 Å². The molecule has 0 unspecified atom stereocenters. The lowest BCUT2D eigenvalue weighted by Crippen LogP contribution is -2.42. The molecule has 3 rings (SSSR count). The van der Waals surface area contributed by atoms with Crippen LogP contribution in [0.4, 0.5) is 0 Å². The topological polar surface area (TPSA) is 62.2 Å². The molecule has 1 aromatic carbocycles. The molecular formula is C19H24N2O2S2. The van der Waals surface area contributed by atoms with E-state index in [0.29, 0.717) is 12.1 Å². The summed E-state index contributed by atoms with van der Waals surface area (Å²) in [5, 5.41) is 15.4. The Bertz CT molecular complexity index is 708. The molecule has 134 valence electrons. The van der Waals surface area contributed by atoms with Crippen LogP contribution in [0.5, 0.6) is 0 Å². The van der Waals surface area contributed by atoms with E-state index in [2.05, 4.69) is 15.7 Å². The van der Waals surface area contributed by atoms with Crippen molar-refractivity contribution in [2.75, 3.05) is 13.2 Å². The summed E-state index contributed by atoms with van der Waals surface area (Å²) in [5.74, 6) is 0.815. The maximum Gasteiger partial charge on any atom is 0.251 e. The Kier molecular flexibility index (Phi) is 6.15. The summed E-state index contributed by atoms with van der Waals surface area (Å²) in [7, 11) is 0. The number of hydrogen-bond acceptors (Lipinski definition) is 5. The van der Waals surface area contributed by atoms with Gasteiger partial charge in [0.15, 0.2) is 0 Å². The number of thioether (sulfide) groups is 1. The zero-order valence-corrected chi connectivity index (χ0v) is 16.1. The van der Waals surface area contributed by atoms with Crippen molar-refractivity contribution < 1.29 is 9.90 Å². The second-order valence-corrected chi connectivity index (χ2v) is 8.79. The molecule has 1 saturated carbocycles. The molecule has 1 heterocycles. The van der Waals surface area contributed by atoms with Crippen LogP contribution in [0.15, 0.2) is 34.5 Å². The molecule has 0 saturated heterocycles. The molecule has 25 heavy (non-hydrogen) atoms. The van der Waals surface area contributed by atoms with Crippen molar-refractivity contribution >= 4 is 29.0 Å². The quantitative estimate of drug-likeness (QED) is 0.683. The highest BCUT2D eigenvalue weighted by Crippen LogP contribution is 2.43. The largest absolute Gasteiger partial charge is 0.396 e. The van der Waals surface area contributed by atoms with Crippen LogP contribution in [-0.4, -0.2) is 29.1 Å². The van der Waals surface area contributed by atoms with Gasteiger partial charge in [0.25, 0.3) is 5.91 Å². The van der Waals surface area contributed by atoms with Crippen molar-refractivity contribution in [2.45, 2.75) is 43.3 Å². The second kappa shape index (κ2) is 8.34. The number of amides is 1. The van der Waals surface area contributed by atoms with Crippen molar-refractivity contribution in [1.29, 1.82) is 0 Å². The fourth-order valence-electron chi connectivity index (χ4n) is 3.13. The van der Waals surface area contributed by atoms with Crippen molar-refractivity contribution in [3.8, 4) is 0 Å². The second-order valence-electron chi connectivity index (χ2n) is 6.68. The van der Waals surface area contributed by atoms with Crippen LogP contribution in [0.1, 0.15) is 46.7 Å². The Morgan fingerprint density at radius 2 is 2.12 bits per heavy atom. The van der Waals surface area contributed by atoms with Gasteiger partial charge in [-0.1, -0.05) is 6.42 Å². The Balaban J connectivity index is 1.50. The molecule has 0 aliphatic heterocycles. The number of rotatable bonds is 8. The number of aromatic nitrogens is 1. The SMILES string of the molecule is Cc1nc(CSc2ccc(C(=O)NCC3(CCO)CCC3)cc2)cs1. The van der Waals surface area contributed by atoms with E-state index in [4.69, 9.17) is 0 Å². The molecule has 2 N–H and O–H groups in total. The van der Waals surface area contributed by atoms with Gasteiger partial charge in [-0.15, -0.1) is 23.1 Å². The molecule has 4 nitrogen and oxygen atoms in total. The third-order valence-electron chi connectivity index (χ3n) is 4.85. The van der Waals surface area contributed by atoms with E-state index < -0.39 is 0 Å². The van der Waals surface area contributed by atoms with Gasteiger partial charge in [-0.05, 0) is 55.9 Å². The molecule has 0 radical (unpaired) electrons. The van der Waals surface area contributed by atoms with E-state index in [-0.39, 0.29) is 17.9 Å². The molecule has 0 spiro atoms. The molecule has 1 aromatic heterocycles. The minimum Gasteiger partial charge on any atom is -0.396 e. The summed E-state index contributed by atoms with van der Waals surface area (Å²) < 4.78 is 0. The summed E-state index contributed by atoms with van der Waals surface area (Å²) in [6, 6.07) is 7.74. The monoisotopic (exact) mass is 376 g/mol.